The Bertz CT molecular complexity index is 506. The van der Waals surface area contributed by atoms with Crippen molar-refractivity contribution in [1.29, 1.82) is 0 Å². The van der Waals surface area contributed by atoms with E-state index in [0.29, 0.717) is 13.0 Å². The van der Waals surface area contributed by atoms with Crippen LogP contribution >= 0.6 is 24.0 Å². The average Bonchev–Trinajstić information content (AvgIpc) is 2.63. The van der Waals surface area contributed by atoms with Gasteiger partial charge in [-0.15, -0.1) is 24.0 Å². The highest BCUT2D eigenvalue weighted by Crippen LogP contribution is 2.04. The Morgan fingerprint density at radius 3 is 2.35 bits per heavy atom. The highest BCUT2D eigenvalue weighted by Gasteiger charge is 2.08. The number of carbonyl (C=O) groups is 1. The van der Waals surface area contributed by atoms with Gasteiger partial charge in [-0.25, -0.2) is 0 Å². The molecule has 0 aliphatic heterocycles. The molecule has 0 radical (unpaired) electrons. The topological polar surface area (TPSA) is 68.8 Å². The van der Waals surface area contributed by atoms with Crippen molar-refractivity contribution < 1.29 is 4.79 Å². The lowest BCUT2D eigenvalue weighted by atomic mass is 10.3. The number of hydrogen-bond acceptors (Lipinski definition) is 3. The monoisotopic (exact) mass is 475 g/mol. The van der Waals surface area contributed by atoms with Crippen LogP contribution in [-0.4, -0.2) is 56.0 Å². The molecular weight excluding hydrogens is 441 g/mol. The molecule has 0 spiro atoms. The molecule has 0 aromatic heterocycles. The molecule has 0 aliphatic carbocycles. The molecule has 148 valence electrons. The zero-order valence-corrected chi connectivity index (χ0v) is 18.6. The van der Waals surface area contributed by atoms with Gasteiger partial charge in [-0.05, 0) is 39.3 Å². The van der Waals surface area contributed by atoms with E-state index >= 15 is 0 Å². The zero-order chi connectivity index (χ0) is 18.3. The molecule has 6 nitrogen and oxygen atoms in total. The first-order chi connectivity index (χ1) is 12.2. The lowest BCUT2D eigenvalue weighted by Crippen LogP contribution is -2.40. The summed E-state index contributed by atoms with van der Waals surface area (Å²) in [5.41, 5.74) is 1.13. The van der Waals surface area contributed by atoms with Gasteiger partial charge in [0.1, 0.15) is 0 Å². The summed E-state index contributed by atoms with van der Waals surface area (Å²) < 4.78 is 0. The number of amides is 1. The van der Waals surface area contributed by atoms with Crippen molar-refractivity contribution in [3.8, 4) is 0 Å². The van der Waals surface area contributed by atoms with E-state index in [4.69, 9.17) is 0 Å². The summed E-state index contributed by atoms with van der Waals surface area (Å²) in [5, 5.41) is 9.82. The lowest BCUT2D eigenvalue weighted by molar-refractivity contribution is -0.130. The molecule has 0 atom stereocenters. The third kappa shape index (κ3) is 10.5. The van der Waals surface area contributed by atoms with Gasteiger partial charge < -0.3 is 20.9 Å². The SMILES string of the molecule is CCNC(=NCCCNc1ccccc1)NCCC(=O)N(CC)CC.I. The highest BCUT2D eigenvalue weighted by molar-refractivity contribution is 14.0. The van der Waals surface area contributed by atoms with Crippen LogP contribution < -0.4 is 16.0 Å². The maximum Gasteiger partial charge on any atom is 0.224 e. The van der Waals surface area contributed by atoms with Crippen molar-refractivity contribution in [3.63, 3.8) is 0 Å². The molecule has 26 heavy (non-hydrogen) atoms. The van der Waals surface area contributed by atoms with Gasteiger partial charge in [0.05, 0.1) is 0 Å². The van der Waals surface area contributed by atoms with E-state index in [-0.39, 0.29) is 29.9 Å². The minimum absolute atomic E-state index is 0. The standard InChI is InChI=1S/C19H33N5O.HI/c1-4-20-19(23-16-13-18(25)24(5-2)6-3)22-15-10-14-21-17-11-8-7-9-12-17;/h7-9,11-12,21H,4-6,10,13-16H2,1-3H3,(H2,20,22,23);1H. The second-order valence-corrected chi connectivity index (χ2v) is 5.65. The van der Waals surface area contributed by atoms with Crippen molar-refractivity contribution >= 4 is 41.5 Å². The molecule has 1 aromatic carbocycles. The summed E-state index contributed by atoms with van der Waals surface area (Å²) in [7, 11) is 0. The second kappa shape index (κ2) is 15.7. The average molecular weight is 475 g/mol. The van der Waals surface area contributed by atoms with E-state index < -0.39 is 0 Å². The Balaban J connectivity index is 0.00000625. The van der Waals surface area contributed by atoms with E-state index in [1.54, 1.807) is 0 Å². The molecule has 0 bridgehead atoms. The molecule has 0 unspecified atom stereocenters. The van der Waals surface area contributed by atoms with E-state index in [9.17, 15) is 4.79 Å². The first-order valence-corrected chi connectivity index (χ1v) is 9.30. The number of aliphatic imine (C=N–C) groups is 1. The van der Waals surface area contributed by atoms with Crippen molar-refractivity contribution in [2.24, 2.45) is 4.99 Å². The normalized spacial score (nSPS) is 10.7. The largest absolute Gasteiger partial charge is 0.385 e. The fourth-order valence-electron chi connectivity index (χ4n) is 2.42. The number of benzene rings is 1. The summed E-state index contributed by atoms with van der Waals surface area (Å²) in [5.74, 6) is 0.954. The van der Waals surface area contributed by atoms with Crippen LogP contribution in [0.4, 0.5) is 5.69 Å². The molecule has 0 aliphatic rings. The van der Waals surface area contributed by atoms with Crippen LogP contribution in [0.3, 0.4) is 0 Å². The molecular formula is C19H34IN5O. The third-order valence-corrected chi connectivity index (χ3v) is 3.80. The van der Waals surface area contributed by atoms with Crippen LogP contribution in [0.2, 0.25) is 0 Å². The van der Waals surface area contributed by atoms with Crippen LogP contribution in [0.1, 0.15) is 33.6 Å². The quantitative estimate of drug-likeness (QED) is 0.199. The van der Waals surface area contributed by atoms with Gasteiger partial charge in [0.15, 0.2) is 5.96 Å². The fourth-order valence-corrected chi connectivity index (χ4v) is 2.42. The van der Waals surface area contributed by atoms with Crippen LogP contribution in [0.25, 0.3) is 0 Å². The molecule has 0 fully saturated rings. The molecule has 7 heteroatoms. The van der Waals surface area contributed by atoms with Crippen molar-refractivity contribution in [2.75, 3.05) is 44.6 Å². The number of halogens is 1. The van der Waals surface area contributed by atoms with Gasteiger partial charge in [0, 0.05) is 51.4 Å². The highest BCUT2D eigenvalue weighted by atomic mass is 127. The van der Waals surface area contributed by atoms with E-state index in [1.165, 1.54) is 0 Å². The predicted molar refractivity (Wildman–Crippen MR) is 121 cm³/mol. The molecule has 0 saturated carbocycles. The Labute approximate surface area is 175 Å². The molecule has 1 aromatic rings. The Morgan fingerprint density at radius 2 is 1.73 bits per heavy atom. The number of nitrogens with zero attached hydrogens (tertiary/aromatic N) is 2. The maximum atomic E-state index is 12.0. The number of nitrogens with one attached hydrogen (secondary N) is 3. The van der Waals surface area contributed by atoms with Gasteiger partial charge in [-0.1, -0.05) is 18.2 Å². The van der Waals surface area contributed by atoms with Gasteiger partial charge in [0.2, 0.25) is 5.91 Å². The number of rotatable bonds is 11. The van der Waals surface area contributed by atoms with Crippen LogP contribution in [-0.2, 0) is 4.79 Å². The molecule has 0 heterocycles. The summed E-state index contributed by atoms with van der Waals surface area (Å²) in [4.78, 5) is 18.4. The van der Waals surface area contributed by atoms with Crippen LogP contribution in [0.5, 0.6) is 0 Å². The molecule has 1 rings (SSSR count). The zero-order valence-electron chi connectivity index (χ0n) is 16.3. The Morgan fingerprint density at radius 1 is 1.04 bits per heavy atom. The number of guanidine groups is 1. The van der Waals surface area contributed by atoms with Crippen molar-refractivity contribution in [1.82, 2.24) is 15.5 Å². The summed E-state index contributed by atoms with van der Waals surface area (Å²) in [6.45, 7) is 10.6. The summed E-state index contributed by atoms with van der Waals surface area (Å²) in [6.07, 6.45) is 1.44. The van der Waals surface area contributed by atoms with E-state index in [1.807, 2.05) is 43.9 Å². The van der Waals surface area contributed by atoms with Gasteiger partial charge in [-0.3, -0.25) is 9.79 Å². The summed E-state index contributed by atoms with van der Waals surface area (Å²) in [6, 6.07) is 10.2. The number of anilines is 1. The number of carbonyl (C=O) groups excluding carboxylic acids is 1. The molecule has 1 amide bonds. The number of para-hydroxylation sites is 1. The van der Waals surface area contributed by atoms with Crippen molar-refractivity contribution in [2.45, 2.75) is 33.6 Å². The van der Waals surface area contributed by atoms with E-state index in [0.717, 1.165) is 50.8 Å². The fraction of sp³-hybridized carbons (Fsp3) is 0.579. The molecule has 3 N–H and O–H groups in total. The van der Waals surface area contributed by atoms with Crippen LogP contribution in [0.15, 0.2) is 35.3 Å². The van der Waals surface area contributed by atoms with Crippen LogP contribution in [0, 0.1) is 0 Å². The summed E-state index contributed by atoms with van der Waals surface area (Å²) >= 11 is 0. The third-order valence-electron chi connectivity index (χ3n) is 3.80. The molecule has 0 saturated heterocycles. The van der Waals surface area contributed by atoms with E-state index in [2.05, 4.69) is 33.1 Å². The predicted octanol–water partition coefficient (Wildman–Crippen LogP) is 2.92. The first kappa shape index (κ1) is 24.5. The van der Waals surface area contributed by atoms with Crippen molar-refractivity contribution in [3.05, 3.63) is 30.3 Å². The Kier molecular flexibility index (Phi) is 14.8. The Hall–Kier alpha value is -1.51. The minimum atomic E-state index is 0. The van der Waals surface area contributed by atoms with Gasteiger partial charge in [0.25, 0.3) is 0 Å². The lowest BCUT2D eigenvalue weighted by Gasteiger charge is -2.19. The smallest absolute Gasteiger partial charge is 0.224 e. The first-order valence-electron chi connectivity index (χ1n) is 9.30. The van der Waals surface area contributed by atoms with Gasteiger partial charge >= 0.3 is 0 Å². The minimum Gasteiger partial charge on any atom is -0.385 e. The van der Waals surface area contributed by atoms with Gasteiger partial charge in [-0.2, -0.15) is 0 Å². The second-order valence-electron chi connectivity index (χ2n) is 5.65. The number of hydrogen-bond donors (Lipinski definition) is 3. The maximum absolute atomic E-state index is 12.0.